The summed E-state index contributed by atoms with van der Waals surface area (Å²) in [7, 11) is 1.53. The second-order valence-electron chi connectivity index (χ2n) is 3.68. The Morgan fingerprint density at radius 3 is 2.80 bits per heavy atom. The zero-order valence-electron chi connectivity index (χ0n) is 9.25. The van der Waals surface area contributed by atoms with Crippen molar-refractivity contribution in [1.29, 1.82) is 0 Å². The van der Waals surface area contributed by atoms with Crippen molar-refractivity contribution in [2.45, 2.75) is 25.4 Å². The van der Waals surface area contributed by atoms with Crippen molar-refractivity contribution in [1.82, 2.24) is 0 Å². The zero-order valence-corrected chi connectivity index (χ0v) is 10.1. The Bertz CT molecular complexity index is 303. The highest BCUT2D eigenvalue weighted by molar-refractivity contribution is 7.10. The van der Waals surface area contributed by atoms with E-state index in [1.165, 1.54) is 7.11 Å². The predicted molar refractivity (Wildman–Crippen MR) is 62.0 cm³/mol. The molecule has 0 bridgehead atoms. The fraction of sp³-hybridized carbons (Fsp3) is 0.636. The number of rotatable bonds is 6. The summed E-state index contributed by atoms with van der Waals surface area (Å²) in [6.07, 6.45) is 1.10. The molecule has 2 N–H and O–H groups in total. The van der Waals surface area contributed by atoms with Gasteiger partial charge in [-0.3, -0.25) is 0 Å². The summed E-state index contributed by atoms with van der Waals surface area (Å²) in [4.78, 5) is 1.02. The average Bonchev–Trinajstić information content (AvgIpc) is 2.62. The molecule has 4 heteroatoms. The van der Waals surface area contributed by atoms with Crippen LogP contribution in [-0.4, -0.2) is 20.3 Å². The van der Waals surface area contributed by atoms with Gasteiger partial charge in [-0.25, -0.2) is 4.39 Å². The Morgan fingerprint density at radius 2 is 2.33 bits per heavy atom. The molecule has 0 aliphatic heterocycles. The Hall–Kier alpha value is -0.450. The highest BCUT2D eigenvalue weighted by Gasteiger charge is 2.33. The van der Waals surface area contributed by atoms with Crippen molar-refractivity contribution in [3.05, 3.63) is 21.9 Å². The molecule has 0 radical (unpaired) electrons. The maximum atomic E-state index is 14.6. The molecule has 1 aromatic rings. The number of hydrogen-bond donors (Lipinski definition) is 1. The molecule has 1 unspecified atom stereocenters. The van der Waals surface area contributed by atoms with Gasteiger partial charge in [0.2, 0.25) is 0 Å². The van der Waals surface area contributed by atoms with Crippen LogP contribution >= 0.6 is 11.3 Å². The fourth-order valence-corrected chi connectivity index (χ4v) is 2.53. The fourth-order valence-electron chi connectivity index (χ4n) is 1.75. The molecule has 0 saturated heterocycles. The zero-order chi connectivity index (χ0) is 11.3. The van der Waals surface area contributed by atoms with E-state index >= 15 is 0 Å². The van der Waals surface area contributed by atoms with E-state index in [-0.39, 0.29) is 6.61 Å². The van der Waals surface area contributed by atoms with Gasteiger partial charge in [0, 0.05) is 17.6 Å². The molecule has 0 aliphatic rings. The molecule has 1 aromatic heterocycles. The van der Waals surface area contributed by atoms with Crippen LogP contribution in [0.15, 0.2) is 11.4 Å². The second-order valence-corrected chi connectivity index (χ2v) is 4.80. The summed E-state index contributed by atoms with van der Waals surface area (Å²) in [5.41, 5.74) is 4.79. The van der Waals surface area contributed by atoms with E-state index in [4.69, 9.17) is 10.5 Å². The van der Waals surface area contributed by atoms with Crippen LogP contribution in [0.1, 0.15) is 23.3 Å². The number of alkyl halides is 1. The van der Waals surface area contributed by atoms with E-state index in [1.54, 1.807) is 11.3 Å². The van der Waals surface area contributed by atoms with Crippen molar-refractivity contribution in [2.75, 3.05) is 20.3 Å². The number of aryl methyl sites for hydroxylation is 1. The number of halogens is 1. The van der Waals surface area contributed by atoms with Crippen molar-refractivity contribution < 1.29 is 9.13 Å². The summed E-state index contributed by atoms with van der Waals surface area (Å²) < 4.78 is 19.6. The smallest absolute Gasteiger partial charge is 0.160 e. The molecular weight excluding hydrogens is 213 g/mol. The molecule has 0 aliphatic carbocycles. The van der Waals surface area contributed by atoms with E-state index in [0.29, 0.717) is 19.4 Å². The van der Waals surface area contributed by atoms with E-state index in [9.17, 15) is 4.39 Å². The first-order valence-electron chi connectivity index (χ1n) is 5.06. The average molecular weight is 231 g/mol. The monoisotopic (exact) mass is 231 g/mol. The van der Waals surface area contributed by atoms with Gasteiger partial charge in [0.05, 0.1) is 6.61 Å². The van der Waals surface area contributed by atoms with Crippen molar-refractivity contribution >= 4 is 11.3 Å². The third kappa shape index (κ3) is 3.00. The van der Waals surface area contributed by atoms with Crippen LogP contribution in [-0.2, 0) is 10.4 Å². The first-order chi connectivity index (χ1) is 7.14. The van der Waals surface area contributed by atoms with Gasteiger partial charge in [0.15, 0.2) is 5.67 Å². The number of thiophene rings is 1. The minimum Gasteiger partial charge on any atom is -0.381 e. The second kappa shape index (κ2) is 5.58. The molecule has 1 heterocycles. The number of methoxy groups -OCH3 is 1. The van der Waals surface area contributed by atoms with Gasteiger partial charge >= 0.3 is 0 Å². The largest absolute Gasteiger partial charge is 0.381 e. The van der Waals surface area contributed by atoms with Gasteiger partial charge in [0.1, 0.15) is 0 Å². The quantitative estimate of drug-likeness (QED) is 0.816. The first-order valence-corrected chi connectivity index (χ1v) is 5.94. The van der Waals surface area contributed by atoms with E-state index in [2.05, 4.69) is 0 Å². The van der Waals surface area contributed by atoms with Crippen molar-refractivity contribution in [3.63, 3.8) is 0 Å². The summed E-state index contributed by atoms with van der Waals surface area (Å²) in [6.45, 7) is 2.55. The SMILES string of the molecule is COCC(F)(CCCN)c1ccsc1C. The summed E-state index contributed by atoms with van der Waals surface area (Å²) in [6, 6.07) is 1.84. The maximum absolute atomic E-state index is 14.6. The van der Waals surface area contributed by atoms with Gasteiger partial charge in [-0.05, 0) is 37.8 Å². The van der Waals surface area contributed by atoms with Gasteiger partial charge in [0.25, 0.3) is 0 Å². The lowest BCUT2D eigenvalue weighted by molar-refractivity contribution is 0.0303. The standard InChI is InChI=1S/C11H18FNOS/c1-9-10(4-7-15-9)11(12,8-14-2)5-3-6-13/h4,7H,3,5-6,8,13H2,1-2H3. The van der Waals surface area contributed by atoms with Crippen molar-refractivity contribution in [3.8, 4) is 0 Å². The number of nitrogens with two attached hydrogens (primary N) is 1. The van der Waals surface area contributed by atoms with E-state index in [0.717, 1.165) is 10.4 Å². The third-order valence-electron chi connectivity index (χ3n) is 2.49. The molecule has 0 spiro atoms. The predicted octanol–water partition coefficient (Wildman–Crippen LogP) is 2.61. The van der Waals surface area contributed by atoms with Crippen LogP contribution in [0, 0.1) is 6.92 Å². The Labute approximate surface area is 94.2 Å². The summed E-state index contributed by atoms with van der Waals surface area (Å²) in [5.74, 6) is 0. The normalized spacial score (nSPS) is 15.2. The molecule has 86 valence electrons. The Morgan fingerprint density at radius 1 is 1.60 bits per heavy atom. The number of ether oxygens (including phenoxy) is 1. The van der Waals surface area contributed by atoms with Crippen molar-refractivity contribution in [2.24, 2.45) is 5.73 Å². The first kappa shape index (κ1) is 12.6. The number of hydrogen-bond acceptors (Lipinski definition) is 3. The van der Waals surface area contributed by atoms with Crippen LogP contribution in [0.2, 0.25) is 0 Å². The Kier molecular flexibility index (Phi) is 4.70. The van der Waals surface area contributed by atoms with E-state index < -0.39 is 5.67 Å². The van der Waals surface area contributed by atoms with E-state index in [1.807, 2.05) is 18.4 Å². The third-order valence-corrected chi connectivity index (χ3v) is 3.34. The lowest BCUT2D eigenvalue weighted by Crippen LogP contribution is -2.27. The van der Waals surface area contributed by atoms with Crippen LogP contribution in [0.3, 0.4) is 0 Å². The molecule has 0 fully saturated rings. The highest BCUT2D eigenvalue weighted by Crippen LogP contribution is 2.35. The minimum absolute atomic E-state index is 0.102. The molecular formula is C11H18FNOS. The van der Waals surface area contributed by atoms with Crippen LogP contribution in [0.5, 0.6) is 0 Å². The van der Waals surface area contributed by atoms with Gasteiger partial charge in [-0.15, -0.1) is 11.3 Å². The molecule has 2 nitrogen and oxygen atoms in total. The minimum atomic E-state index is -1.38. The van der Waals surface area contributed by atoms with Gasteiger partial charge in [-0.1, -0.05) is 0 Å². The molecule has 1 atom stereocenters. The molecule has 15 heavy (non-hydrogen) atoms. The lowest BCUT2D eigenvalue weighted by atomic mass is 9.92. The molecule has 0 saturated carbocycles. The molecule has 1 rings (SSSR count). The van der Waals surface area contributed by atoms with Gasteiger partial charge < -0.3 is 10.5 Å². The van der Waals surface area contributed by atoms with Crippen LogP contribution in [0.4, 0.5) is 4.39 Å². The lowest BCUT2D eigenvalue weighted by Gasteiger charge is -2.24. The van der Waals surface area contributed by atoms with Gasteiger partial charge in [-0.2, -0.15) is 0 Å². The van der Waals surface area contributed by atoms with Crippen LogP contribution in [0.25, 0.3) is 0 Å². The van der Waals surface area contributed by atoms with Crippen LogP contribution < -0.4 is 5.73 Å². The highest BCUT2D eigenvalue weighted by atomic mass is 32.1. The summed E-state index contributed by atoms with van der Waals surface area (Å²) >= 11 is 1.56. The Balaban J connectivity index is 2.85. The maximum Gasteiger partial charge on any atom is 0.160 e. The molecule has 0 amide bonds. The molecule has 0 aromatic carbocycles. The summed E-state index contributed by atoms with van der Waals surface area (Å²) in [5, 5.41) is 1.91. The topological polar surface area (TPSA) is 35.2 Å².